The number of rotatable bonds is 5. The Morgan fingerprint density at radius 3 is 2.65 bits per heavy atom. The second-order valence-corrected chi connectivity index (χ2v) is 7.19. The Bertz CT molecular complexity index is 813. The third kappa shape index (κ3) is 3.87. The molecule has 2 heterocycles. The van der Waals surface area contributed by atoms with Crippen molar-refractivity contribution in [3.8, 4) is 0 Å². The Labute approximate surface area is 142 Å². The van der Waals surface area contributed by atoms with Crippen LogP contribution in [0.25, 0.3) is 22.2 Å². The summed E-state index contributed by atoms with van der Waals surface area (Å²) in [7, 11) is 4.25. The van der Waals surface area contributed by atoms with E-state index in [1.807, 2.05) is 24.5 Å². The minimum absolute atomic E-state index is 1.05. The van der Waals surface area contributed by atoms with E-state index in [-0.39, 0.29) is 0 Å². The summed E-state index contributed by atoms with van der Waals surface area (Å²) in [6.07, 6.45) is 7.42. The van der Waals surface area contributed by atoms with E-state index in [0.29, 0.717) is 0 Å². The minimum Gasteiger partial charge on any atom is -0.309 e. The maximum absolute atomic E-state index is 4.37. The zero-order valence-corrected chi connectivity index (χ0v) is 14.7. The Morgan fingerprint density at radius 2 is 1.91 bits per heavy atom. The number of benzene rings is 1. The maximum atomic E-state index is 4.37. The summed E-state index contributed by atoms with van der Waals surface area (Å²) in [6.45, 7) is 3.08. The number of nitrogens with zero attached hydrogens (tertiary/aromatic N) is 2. The third-order valence-electron chi connectivity index (χ3n) is 3.87. The van der Waals surface area contributed by atoms with Gasteiger partial charge in [-0.15, -0.1) is 11.3 Å². The van der Waals surface area contributed by atoms with Crippen molar-refractivity contribution in [2.24, 2.45) is 0 Å². The predicted molar refractivity (Wildman–Crippen MR) is 102 cm³/mol. The number of aromatic nitrogens is 1. The summed E-state index contributed by atoms with van der Waals surface area (Å²) in [4.78, 5) is 8.06. The molecule has 0 bridgehead atoms. The quantitative estimate of drug-likeness (QED) is 0.665. The van der Waals surface area contributed by atoms with Gasteiger partial charge in [0.2, 0.25) is 0 Å². The van der Waals surface area contributed by atoms with Gasteiger partial charge in [0.05, 0.1) is 0 Å². The van der Waals surface area contributed by atoms with E-state index >= 15 is 0 Å². The maximum Gasteiger partial charge on any atom is 0.0373 e. The molecular formula is C20H22N2S. The zero-order valence-electron chi connectivity index (χ0n) is 13.9. The highest BCUT2D eigenvalue weighted by atomic mass is 32.1. The van der Waals surface area contributed by atoms with E-state index in [9.17, 15) is 0 Å². The molecule has 0 saturated heterocycles. The predicted octanol–water partition coefficient (Wildman–Crippen LogP) is 4.88. The summed E-state index contributed by atoms with van der Waals surface area (Å²) in [5.74, 6) is 0. The van der Waals surface area contributed by atoms with Crippen LogP contribution in [0.4, 0.5) is 0 Å². The van der Waals surface area contributed by atoms with Crippen molar-refractivity contribution >= 4 is 33.6 Å². The van der Waals surface area contributed by atoms with E-state index in [2.05, 4.69) is 72.5 Å². The van der Waals surface area contributed by atoms with Crippen LogP contribution in [-0.4, -0.2) is 30.5 Å². The molecule has 3 rings (SSSR count). The van der Waals surface area contributed by atoms with Gasteiger partial charge in [-0.2, -0.15) is 0 Å². The molecule has 1 aromatic carbocycles. The number of aryl methyl sites for hydroxylation is 1. The van der Waals surface area contributed by atoms with Gasteiger partial charge in [-0.3, -0.25) is 4.98 Å². The number of hydrogen-bond donors (Lipinski definition) is 0. The fraction of sp³-hybridized carbons (Fsp3) is 0.250. The Hall–Kier alpha value is -1.97. The number of hydrogen-bond acceptors (Lipinski definition) is 3. The largest absolute Gasteiger partial charge is 0.309 e. The van der Waals surface area contributed by atoms with E-state index < -0.39 is 0 Å². The van der Waals surface area contributed by atoms with Crippen molar-refractivity contribution in [1.29, 1.82) is 0 Å². The first-order chi connectivity index (χ1) is 11.1. The molecule has 0 fully saturated rings. The molecule has 118 valence electrons. The van der Waals surface area contributed by atoms with Gasteiger partial charge in [-0.05, 0) is 56.1 Å². The van der Waals surface area contributed by atoms with Crippen LogP contribution in [0.3, 0.4) is 0 Å². The van der Waals surface area contributed by atoms with Crippen LogP contribution < -0.4 is 0 Å². The lowest BCUT2D eigenvalue weighted by atomic mass is 10.1. The van der Waals surface area contributed by atoms with Crippen molar-refractivity contribution in [3.05, 3.63) is 64.3 Å². The second-order valence-electron chi connectivity index (χ2n) is 6.05. The summed E-state index contributed by atoms with van der Waals surface area (Å²) < 4.78 is 1.36. The summed E-state index contributed by atoms with van der Waals surface area (Å²) in [5.41, 5.74) is 3.55. The molecule has 0 spiro atoms. The van der Waals surface area contributed by atoms with Gasteiger partial charge in [0, 0.05) is 28.0 Å². The summed E-state index contributed by atoms with van der Waals surface area (Å²) in [6, 6.07) is 12.8. The molecule has 0 atom stereocenters. The second kappa shape index (κ2) is 7.07. The molecule has 0 N–H and O–H groups in total. The summed E-state index contributed by atoms with van der Waals surface area (Å²) in [5, 5.41) is 1.35. The topological polar surface area (TPSA) is 16.1 Å². The van der Waals surface area contributed by atoms with Gasteiger partial charge in [0.25, 0.3) is 0 Å². The van der Waals surface area contributed by atoms with Crippen molar-refractivity contribution in [3.63, 3.8) is 0 Å². The highest BCUT2D eigenvalue weighted by Crippen LogP contribution is 2.33. The Kier molecular flexibility index (Phi) is 4.89. The number of fused-ring (bicyclic) bond motifs is 1. The van der Waals surface area contributed by atoms with Crippen molar-refractivity contribution in [2.75, 3.05) is 20.6 Å². The molecule has 2 nitrogen and oxygen atoms in total. The van der Waals surface area contributed by atoms with E-state index in [1.165, 1.54) is 20.5 Å². The molecule has 0 aliphatic heterocycles. The normalized spacial score (nSPS) is 11.8. The average molecular weight is 322 g/mol. The van der Waals surface area contributed by atoms with Crippen molar-refractivity contribution in [2.45, 2.75) is 13.3 Å². The number of thiophene rings is 1. The minimum atomic E-state index is 1.05. The highest BCUT2D eigenvalue weighted by Gasteiger charge is 2.09. The van der Waals surface area contributed by atoms with E-state index in [4.69, 9.17) is 0 Å². The first-order valence-corrected chi connectivity index (χ1v) is 8.71. The monoisotopic (exact) mass is 322 g/mol. The molecule has 0 aliphatic carbocycles. The van der Waals surface area contributed by atoms with Gasteiger partial charge in [0.15, 0.2) is 0 Å². The Balaban J connectivity index is 1.96. The van der Waals surface area contributed by atoms with Crippen LogP contribution in [0.15, 0.2) is 42.6 Å². The number of likely N-dealkylation sites (N-methyl/N-ethyl adjacent to an activating group) is 1. The number of pyridine rings is 1. The highest BCUT2D eigenvalue weighted by molar-refractivity contribution is 7.19. The lowest BCUT2D eigenvalue weighted by Gasteiger charge is -2.08. The first kappa shape index (κ1) is 15.9. The van der Waals surface area contributed by atoms with Crippen LogP contribution in [0.2, 0.25) is 0 Å². The fourth-order valence-electron chi connectivity index (χ4n) is 2.57. The molecule has 0 saturated carbocycles. The van der Waals surface area contributed by atoms with Crippen molar-refractivity contribution < 1.29 is 0 Å². The SMILES string of the molecule is Cc1ccc(C=Cc2c(CCN(C)C)sc3ccccc23)cn1. The molecule has 3 heteroatoms. The van der Waals surface area contributed by atoms with Crippen LogP contribution >= 0.6 is 11.3 Å². The molecule has 2 aromatic heterocycles. The molecule has 0 unspecified atom stereocenters. The van der Waals surface area contributed by atoms with Crippen LogP contribution in [0.1, 0.15) is 21.7 Å². The molecule has 0 aliphatic rings. The molecule has 23 heavy (non-hydrogen) atoms. The molecular weight excluding hydrogens is 300 g/mol. The van der Waals surface area contributed by atoms with E-state index in [0.717, 1.165) is 24.2 Å². The lowest BCUT2D eigenvalue weighted by molar-refractivity contribution is 0.415. The van der Waals surface area contributed by atoms with Gasteiger partial charge >= 0.3 is 0 Å². The average Bonchev–Trinajstić information content (AvgIpc) is 2.90. The Morgan fingerprint density at radius 1 is 1.09 bits per heavy atom. The first-order valence-electron chi connectivity index (χ1n) is 7.89. The van der Waals surface area contributed by atoms with Gasteiger partial charge in [0.1, 0.15) is 0 Å². The lowest BCUT2D eigenvalue weighted by Crippen LogP contribution is -2.14. The van der Waals surface area contributed by atoms with Crippen LogP contribution in [0, 0.1) is 6.92 Å². The van der Waals surface area contributed by atoms with Gasteiger partial charge in [-0.1, -0.05) is 36.4 Å². The molecule has 0 amide bonds. The zero-order chi connectivity index (χ0) is 16.2. The third-order valence-corrected chi connectivity index (χ3v) is 5.12. The van der Waals surface area contributed by atoms with Crippen LogP contribution in [0.5, 0.6) is 0 Å². The smallest absolute Gasteiger partial charge is 0.0373 e. The van der Waals surface area contributed by atoms with Crippen LogP contribution in [-0.2, 0) is 6.42 Å². The van der Waals surface area contributed by atoms with Gasteiger partial charge < -0.3 is 4.90 Å². The molecule has 3 aromatic rings. The van der Waals surface area contributed by atoms with Gasteiger partial charge in [-0.25, -0.2) is 0 Å². The fourth-order valence-corrected chi connectivity index (χ4v) is 3.75. The van der Waals surface area contributed by atoms with Crippen molar-refractivity contribution in [1.82, 2.24) is 9.88 Å². The van der Waals surface area contributed by atoms with E-state index in [1.54, 1.807) is 0 Å². The standard InChI is InChI=1S/C20H22N2S/c1-15-8-9-16(14-21-15)10-11-18-17-6-4-5-7-19(17)23-20(18)12-13-22(2)3/h4-11,14H,12-13H2,1-3H3. The molecule has 0 radical (unpaired) electrons. The summed E-state index contributed by atoms with van der Waals surface area (Å²) >= 11 is 1.91.